The van der Waals surface area contributed by atoms with Crippen molar-refractivity contribution in [3.05, 3.63) is 59.4 Å². The smallest absolute Gasteiger partial charge is 0.243 e. The maximum atomic E-state index is 13.0. The summed E-state index contributed by atoms with van der Waals surface area (Å²) in [6, 6.07) is 13.1. The van der Waals surface area contributed by atoms with Gasteiger partial charge in [-0.25, -0.2) is 13.4 Å². The van der Waals surface area contributed by atoms with Crippen LogP contribution in [0.2, 0.25) is 0 Å². The molecular formula is C22H24ClN3O3S. The minimum atomic E-state index is -3.58. The van der Waals surface area contributed by atoms with Gasteiger partial charge < -0.3 is 9.30 Å². The van der Waals surface area contributed by atoms with Crippen LogP contribution in [0.15, 0.2) is 47.4 Å². The molecule has 0 N–H and O–H groups in total. The lowest BCUT2D eigenvalue weighted by atomic mass is 10.1. The summed E-state index contributed by atoms with van der Waals surface area (Å²) in [6.07, 6.45) is 1.87. The van der Waals surface area contributed by atoms with Gasteiger partial charge in [0, 0.05) is 19.6 Å². The number of sulfonamides is 1. The Hall–Kier alpha value is -2.19. The molecule has 0 bridgehead atoms. The number of hydrogen-bond acceptors (Lipinski definition) is 4. The van der Waals surface area contributed by atoms with Gasteiger partial charge in [0.2, 0.25) is 10.0 Å². The Labute approximate surface area is 181 Å². The molecule has 1 aliphatic heterocycles. The van der Waals surface area contributed by atoms with E-state index in [2.05, 4.69) is 4.98 Å². The average Bonchev–Trinajstić information content (AvgIpc) is 3.14. The molecule has 0 saturated carbocycles. The van der Waals surface area contributed by atoms with E-state index in [4.69, 9.17) is 16.3 Å². The summed E-state index contributed by atoms with van der Waals surface area (Å²) in [6.45, 7) is 6.26. The molecule has 0 spiro atoms. The van der Waals surface area contributed by atoms with Gasteiger partial charge in [0.25, 0.3) is 0 Å². The highest BCUT2D eigenvalue weighted by Gasteiger charge is 2.27. The standard InChI is InChI=1S/C22H24ClN3O3S/c1-3-26-21-9-8-18(30(27,28)25-10-12-29-13-11-25)15-20(21)24-22(26)19(23)14-17-6-4-16(2)5-7-17/h4-9,14-15H,3,10-13H2,1-2H3/b19-14-. The van der Waals surface area contributed by atoms with Crippen LogP contribution in [-0.4, -0.2) is 48.6 Å². The predicted octanol–water partition coefficient (Wildman–Crippen LogP) is 4.12. The van der Waals surface area contributed by atoms with Crippen LogP contribution in [0.5, 0.6) is 0 Å². The van der Waals surface area contributed by atoms with E-state index in [1.807, 2.05) is 48.8 Å². The van der Waals surface area contributed by atoms with E-state index in [1.54, 1.807) is 18.2 Å². The number of aromatic nitrogens is 2. The van der Waals surface area contributed by atoms with Gasteiger partial charge in [-0.3, -0.25) is 0 Å². The van der Waals surface area contributed by atoms with Crippen LogP contribution in [-0.2, 0) is 21.3 Å². The maximum absolute atomic E-state index is 13.0. The summed E-state index contributed by atoms with van der Waals surface area (Å²) >= 11 is 6.62. The van der Waals surface area contributed by atoms with E-state index in [0.717, 1.165) is 11.1 Å². The van der Waals surface area contributed by atoms with Crippen LogP contribution in [0.1, 0.15) is 23.9 Å². The molecule has 8 heteroatoms. The van der Waals surface area contributed by atoms with Crippen molar-refractivity contribution in [3.63, 3.8) is 0 Å². The lowest BCUT2D eigenvalue weighted by Crippen LogP contribution is -2.40. The lowest BCUT2D eigenvalue weighted by Gasteiger charge is -2.26. The fraction of sp³-hybridized carbons (Fsp3) is 0.318. The number of imidazole rings is 1. The Morgan fingerprint density at radius 3 is 2.53 bits per heavy atom. The van der Waals surface area contributed by atoms with E-state index < -0.39 is 10.0 Å². The highest BCUT2D eigenvalue weighted by atomic mass is 35.5. The molecule has 2 heterocycles. The fourth-order valence-corrected chi connectivity index (χ4v) is 5.28. The van der Waals surface area contributed by atoms with Gasteiger partial charge in [-0.15, -0.1) is 0 Å². The first kappa shape index (κ1) is 21.1. The molecule has 1 aliphatic rings. The first-order chi connectivity index (χ1) is 14.4. The molecule has 0 radical (unpaired) electrons. The number of hydrogen-bond donors (Lipinski definition) is 0. The molecule has 2 aromatic carbocycles. The molecule has 3 aromatic rings. The topological polar surface area (TPSA) is 64.4 Å². The normalized spacial score (nSPS) is 16.3. The van der Waals surface area contributed by atoms with Crippen molar-refractivity contribution < 1.29 is 13.2 Å². The molecule has 0 aliphatic carbocycles. The number of benzene rings is 2. The van der Waals surface area contributed by atoms with Gasteiger partial charge in [-0.05, 0) is 43.7 Å². The van der Waals surface area contributed by atoms with Crippen molar-refractivity contribution >= 4 is 43.8 Å². The second-order valence-electron chi connectivity index (χ2n) is 7.25. The van der Waals surface area contributed by atoms with E-state index in [-0.39, 0.29) is 4.90 Å². The maximum Gasteiger partial charge on any atom is 0.243 e. The van der Waals surface area contributed by atoms with Gasteiger partial charge in [-0.1, -0.05) is 41.4 Å². The van der Waals surface area contributed by atoms with Crippen LogP contribution < -0.4 is 0 Å². The van der Waals surface area contributed by atoms with Crippen LogP contribution >= 0.6 is 11.6 Å². The van der Waals surface area contributed by atoms with Crippen LogP contribution in [0.25, 0.3) is 22.1 Å². The molecule has 30 heavy (non-hydrogen) atoms. The molecule has 4 rings (SSSR count). The number of halogens is 1. The van der Waals surface area contributed by atoms with Gasteiger partial charge in [-0.2, -0.15) is 4.31 Å². The van der Waals surface area contributed by atoms with Crippen LogP contribution in [0.4, 0.5) is 0 Å². The SMILES string of the molecule is CCn1c(/C(Cl)=C/c2ccc(C)cc2)nc2cc(S(=O)(=O)N3CCOCC3)ccc21. The van der Waals surface area contributed by atoms with Crippen molar-refractivity contribution in [1.29, 1.82) is 0 Å². The molecule has 0 unspecified atom stereocenters. The largest absolute Gasteiger partial charge is 0.379 e. The average molecular weight is 446 g/mol. The third-order valence-corrected chi connectivity index (χ3v) is 7.40. The molecule has 158 valence electrons. The summed E-state index contributed by atoms with van der Waals surface area (Å²) in [5.74, 6) is 0.621. The summed E-state index contributed by atoms with van der Waals surface area (Å²) in [7, 11) is -3.58. The van der Waals surface area contributed by atoms with Gasteiger partial charge in [0.05, 0.1) is 34.2 Å². The summed E-state index contributed by atoms with van der Waals surface area (Å²) < 4.78 is 34.7. The number of rotatable bonds is 5. The summed E-state index contributed by atoms with van der Waals surface area (Å²) in [4.78, 5) is 4.91. The third kappa shape index (κ3) is 4.03. The third-order valence-electron chi connectivity index (χ3n) is 5.23. The number of nitrogens with zero attached hydrogens (tertiary/aromatic N) is 3. The van der Waals surface area contributed by atoms with Crippen molar-refractivity contribution in [2.24, 2.45) is 0 Å². The zero-order valence-corrected chi connectivity index (χ0v) is 18.6. The Bertz CT molecular complexity index is 1190. The van der Waals surface area contributed by atoms with Crippen LogP contribution in [0, 0.1) is 6.92 Å². The lowest BCUT2D eigenvalue weighted by molar-refractivity contribution is 0.0730. The monoisotopic (exact) mass is 445 g/mol. The number of aryl methyl sites for hydroxylation is 2. The Morgan fingerprint density at radius 1 is 1.17 bits per heavy atom. The predicted molar refractivity (Wildman–Crippen MR) is 120 cm³/mol. The van der Waals surface area contributed by atoms with E-state index in [0.29, 0.717) is 49.2 Å². The van der Waals surface area contributed by atoms with Gasteiger partial charge in [0.1, 0.15) is 0 Å². The fourth-order valence-electron chi connectivity index (χ4n) is 3.58. The van der Waals surface area contributed by atoms with Crippen molar-refractivity contribution in [2.75, 3.05) is 26.3 Å². The van der Waals surface area contributed by atoms with E-state index in [1.165, 1.54) is 9.87 Å². The first-order valence-electron chi connectivity index (χ1n) is 9.92. The Balaban J connectivity index is 1.74. The molecule has 0 atom stereocenters. The van der Waals surface area contributed by atoms with Gasteiger partial charge in [0.15, 0.2) is 5.82 Å². The summed E-state index contributed by atoms with van der Waals surface area (Å²) in [5, 5.41) is 0.509. The second-order valence-corrected chi connectivity index (χ2v) is 9.59. The van der Waals surface area contributed by atoms with Crippen molar-refractivity contribution in [3.8, 4) is 0 Å². The first-order valence-corrected chi connectivity index (χ1v) is 11.7. The van der Waals surface area contributed by atoms with Crippen molar-refractivity contribution in [1.82, 2.24) is 13.9 Å². The van der Waals surface area contributed by atoms with Crippen molar-refractivity contribution in [2.45, 2.75) is 25.3 Å². The number of fused-ring (bicyclic) bond motifs is 1. The Morgan fingerprint density at radius 2 is 1.87 bits per heavy atom. The highest BCUT2D eigenvalue weighted by Crippen LogP contribution is 2.28. The molecule has 1 fully saturated rings. The van der Waals surface area contributed by atoms with Gasteiger partial charge >= 0.3 is 0 Å². The second kappa shape index (κ2) is 8.51. The summed E-state index contributed by atoms with van der Waals surface area (Å²) in [5.41, 5.74) is 3.62. The van der Waals surface area contributed by atoms with E-state index in [9.17, 15) is 8.42 Å². The number of ether oxygens (including phenoxy) is 1. The minimum Gasteiger partial charge on any atom is -0.379 e. The van der Waals surface area contributed by atoms with E-state index >= 15 is 0 Å². The zero-order chi connectivity index (χ0) is 21.3. The molecule has 6 nitrogen and oxygen atoms in total. The minimum absolute atomic E-state index is 0.239. The molecule has 1 aromatic heterocycles. The Kier molecular flexibility index (Phi) is 5.97. The highest BCUT2D eigenvalue weighted by molar-refractivity contribution is 7.89. The number of morpholine rings is 1. The molecular weight excluding hydrogens is 422 g/mol. The van der Waals surface area contributed by atoms with Crippen LogP contribution in [0.3, 0.4) is 0 Å². The zero-order valence-electron chi connectivity index (χ0n) is 17.0. The quantitative estimate of drug-likeness (QED) is 0.592. The molecule has 0 amide bonds. The molecule has 1 saturated heterocycles.